The zero-order valence-corrected chi connectivity index (χ0v) is 11.7. The van der Waals surface area contributed by atoms with Crippen molar-refractivity contribution in [1.82, 2.24) is 0 Å². The largest absolute Gasteiger partial charge is 0.0654 e. The van der Waals surface area contributed by atoms with E-state index in [1.54, 1.807) is 0 Å². The van der Waals surface area contributed by atoms with Crippen molar-refractivity contribution in [3.05, 3.63) is 35.4 Å². The maximum atomic E-state index is 2.42. The molecular weight excluding hydrogens is 204 g/mol. The maximum absolute atomic E-state index is 2.42. The third-order valence-corrected chi connectivity index (χ3v) is 3.38. The van der Waals surface area contributed by atoms with E-state index in [4.69, 9.17) is 0 Å². The molecule has 0 heteroatoms. The number of rotatable bonds is 9. The van der Waals surface area contributed by atoms with E-state index in [1.165, 1.54) is 68.9 Å². The molecule has 0 saturated heterocycles. The Hall–Kier alpha value is -0.780. The molecule has 1 aromatic carbocycles. The van der Waals surface area contributed by atoms with Crippen LogP contribution >= 0.6 is 0 Å². The third kappa shape index (κ3) is 6.51. The molecular formula is C17H28. The normalized spacial score (nSPS) is 10.7. The molecule has 0 atom stereocenters. The summed E-state index contributed by atoms with van der Waals surface area (Å²) in [5.74, 6) is 0. The Kier molecular flexibility index (Phi) is 7.79. The fraction of sp³-hybridized carbons (Fsp3) is 0.647. The first-order valence-corrected chi connectivity index (χ1v) is 7.44. The highest BCUT2D eigenvalue weighted by Gasteiger charge is 1.97. The average molecular weight is 232 g/mol. The van der Waals surface area contributed by atoms with Gasteiger partial charge in [0, 0.05) is 0 Å². The minimum atomic E-state index is 1.26. The van der Waals surface area contributed by atoms with Crippen LogP contribution in [0.25, 0.3) is 0 Å². The van der Waals surface area contributed by atoms with Crippen LogP contribution in [0.1, 0.15) is 69.9 Å². The molecule has 0 aliphatic carbocycles. The molecule has 96 valence electrons. The standard InChI is InChI=1S/C17H28/c1-3-5-7-9-12-17-14-10-13-16(15-17)11-8-6-4-2/h10,13-15H,3-9,11-12H2,1-2H3. The number of aryl methyl sites for hydroxylation is 2. The van der Waals surface area contributed by atoms with Crippen molar-refractivity contribution in [2.45, 2.75) is 71.6 Å². The Morgan fingerprint density at radius 1 is 0.706 bits per heavy atom. The Morgan fingerprint density at radius 2 is 1.24 bits per heavy atom. The van der Waals surface area contributed by atoms with E-state index >= 15 is 0 Å². The molecule has 0 heterocycles. The summed E-state index contributed by atoms with van der Waals surface area (Å²) in [5, 5.41) is 0. The molecule has 0 bridgehead atoms. The monoisotopic (exact) mass is 232 g/mol. The van der Waals surface area contributed by atoms with Crippen LogP contribution in [0.2, 0.25) is 0 Å². The second-order valence-electron chi connectivity index (χ2n) is 5.09. The van der Waals surface area contributed by atoms with Gasteiger partial charge in [-0.3, -0.25) is 0 Å². The molecule has 0 aliphatic heterocycles. The van der Waals surface area contributed by atoms with Crippen LogP contribution in [-0.2, 0) is 12.8 Å². The first-order valence-electron chi connectivity index (χ1n) is 7.44. The molecule has 0 N–H and O–H groups in total. The van der Waals surface area contributed by atoms with E-state index < -0.39 is 0 Å². The Bertz CT molecular complexity index is 288. The van der Waals surface area contributed by atoms with Gasteiger partial charge < -0.3 is 0 Å². The van der Waals surface area contributed by atoms with Crippen molar-refractivity contribution in [3.8, 4) is 0 Å². The van der Waals surface area contributed by atoms with Gasteiger partial charge in [-0.2, -0.15) is 0 Å². The Balaban J connectivity index is 2.31. The highest BCUT2D eigenvalue weighted by Crippen LogP contribution is 2.12. The highest BCUT2D eigenvalue weighted by atomic mass is 14.0. The van der Waals surface area contributed by atoms with Crippen molar-refractivity contribution in [3.63, 3.8) is 0 Å². The van der Waals surface area contributed by atoms with Gasteiger partial charge in [-0.15, -0.1) is 0 Å². The molecule has 0 nitrogen and oxygen atoms in total. The number of unbranched alkanes of at least 4 members (excludes halogenated alkanes) is 5. The summed E-state index contributed by atoms with van der Waals surface area (Å²) in [6.07, 6.45) is 12.0. The van der Waals surface area contributed by atoms with Gasteiger partial charge in [-0.25, -0.2) is 0 Å². The topological polar surface area (TPSA) is 0 Å². The summed E-state index contributed by atoms with van der Waals surface area (Å²) in [6, 6.07) is 9.22. The third-order valence-electron chi connectivity index (χ3n) is 3.38. The van der Waals surface area contributed by atoms with Gasteiger partial charge in [0.25, 0.3) is 0 Å². The Morgan fingerprint density at radius 3 is 1.82 bits per heavy atom. The van der Waals surface area contributed by atoms with Crippen LogP contribution in [0.5, 0.6) is 0 Å². The molecule has 17 heavy (non-hydrogen) atoms. The lowest BCUT2D eigenvalue weighted by molar-refractivity contribution is 0.666. The first kappa shape index (κ1) is 14.3. The molecule has 0 unspecified atom stereocenters. The first-order chi connectivity index (χ1) is 8.36. The minimum Gasteiger partial charge on any atom is -0.0654 e. The Labute approximate surface area is 107 Å². The van der Waals surface area contributed by atoms with E-state index in [2.05, 4.69) is 38.1 Å². The second kappa shape index (κ2) is 9.27. The molecule has 1 aromatic rings. The molecule has 0 amide bonds. The quantitative estimate of drug-likeness (QED) is 0.490. The zero-order chi connectivity index (χ0) is 12.3. The number of benzene rings is 1. The van der Waals surface area contributed by atoms with Crippen LogP contribution in [0, 0.1) is 0 Å². The lowest BCUT2D eigenvalue weighted by Crippen LogP contribution is -1.90. The van der Waals surface area contributed by atoms with Crippen LogP contribution in [0.3, 0.4) is 0 Å². The predicted octanol–water partition coefficient (Wildman–Crippen LogP) is 5.54. The van der Waals surface area contributed by atoms with Crippen molar-refractivity contribution in [2.24, 2.45) is 0 Å². The van der Waals surface area contributed by atoms with E-state index in [-0.39, 0.29) is 0 Å². The lowest BCUT2D eigenvalue weighted by Gasteiger charge is -2.05. The molecule has 0 aromatic heterocycles. The molecule has 0 fully saturated rings. The SMILES string of the molecule is CCCCCCc1cccc(CCCCC)c1. The van der Waals surface area contributed by atoms with E-state index in [0.29, 0.717) is 0 Å². The molecule has 0 spiro atoms. The molecule has 0 aliphatic rings. The van der Waals surface area contributed by atoms with Crippen molar-refractivity contribution in [2.75, 3.05) is 0 Å². The average Bonchev–Trinajstić information content (AvgIpc) is 2.36. The van der Waals surface area contributed by atoms with Crippen LogP contribution in [0.15, 0.2) is 24.3 Å². The predicted molar refractivity (Wildman–Crippen MR) is 77.5 cm³/mol. The van der Waals surface area contributed by atoms with Crippen LogP contribution in [-0.4, -0.2) is 0 Å². The van der Waals surface area contributed by atoms with E-state index in [1.807, 2.05) is 0 Å². The van der Waals surface area contributed by atoms with Gasteiger partial charge in [0.15, 0.2) is 0 Å². The van der Waals surface area contributed by atoms with Gasteiger partial charge in [0.1, 0.15) is 0 Å². The number of hydrogen-bond donors (Lipinski definition) is 0. The van der Waals surface area contributed by atoms with Crippen molar-refractivity contribution in [1.29, 1.82) is 0 Å². The van der Waals surface area contributed by atoms with Crippen LogP contribution < -0.4 is 0 Å². The van der Waals surface area contributed by atoms with Gasteiger partial charge in [0.2, 0.25) is 0 Å². The van der Waals surface area contributed by atoms with Crippen LogP contribution in [0.4, 0.5) is 0 Å². The van der Waals surface area contributed by atoms with E-state index in [9.17, 15) is 0 Å². The summed E-state index contributed by atoms with van der Waals surface area (Å²) >= 11 is 0. The smallest absolute Gasteiger partial charge is 0.0279 e. The number of hydrogen-bond acceptors (Lipinski definition) is 0. The maximum Gasteiger partial charge on any atom is -0.0279 e. The van der Waals surface area contributed by atoms with Crippen molar-refractivity contribution >= 4 is 0 Å². The fourth-order valence-corrected chi connectivity index (χ4v) is 2.28. The fourth-order valence-electron chi connectivity index (χ4n) is 2.28. The summed E-state index contributed by atoms with van der Waals surface area (Å²) in [4.78, 5) is 0. The summed E-state index contributed by atoms with van der Waals surface area (Å²) in [5.41, 5.74) is 3.07. The highest BCUT2D eigenvalue weighted by molar-refractivity contribution is 5.23. The summed E-state index contributed by atoms with van der Waals surface area (Å²) in [6.45, 7) is 4.54. The van der Waals surface area contributed by atoms with Gasteiger partial charge in [-0.1, -0.05) is 70.2 Å². The minimum absolute atomic E-state index is 1.26. The molecule has 1 rings (SSSR count). The summed E-state index contributed by atoms with van der Waals surface area (Å²) in [7, 11) is 0. The van der Waals surface area contributed by atoms with Gasteiger partial charge in [-0.05, 0) is 36.8 Å². The molecule has 0 radical (unpaired) electrons. The second-order valence-corrected chi connectivity index (χ2v) is 5.09. The zero-order valence-electron chi connectivity index (χ0n) is 11.7. The van der Waals surface area contributed by atoms with Gasteiger partial charge >= 0.3 is 0 Å². The lowest BCUT2D eigenvalue weighted by atomic mass is 10.0. The summed E-state index contributed by atoms with van der Waals surface area (Å²) < 4.78 is 0. The van der Waals surface area contributed by atoms with Crippen molar-refractivity contribution < 1.29 is 0 Å². The molecule has 0 saturated carbocycles. The van der Waals surface area contributed by atoms with Gasteiger partial charge in [0.05, 0.1) is 0 Å². The van der Waals surface area contributed by atoms with E-state index in [0.717, 1.165) is 0 Å².